The van der Waals surface area contributed by atoms with Crippen molar-refractivity contribution in [1.82, 2.24) is 15.2 Å². The smallest absolute Gasteiger partial charge is 0.322 e. The minimum atomic E-state index is -0.168. The van der Waals surface area contributed by atoms with Gasteiger partial charge in [-0.15, -0.1) is 0 Å². The molecule has 0 atom stereocenters. The van der Waals surface area contributed by atoms with Gasteiger partial charge < -0.3 is 20.3 Å². The Morgan fingerprint density at radius 1 is 1.14 bits per heavy atom. The van der Waals surface area contributed by atoms with Crippen molar-refractivity contribution in [1.29, 1.82) is 0 Å². The summed E-state index contributed by atoms with van der Waals surface area (Å²) < 4.78 is 5.45. The van der Waals surface area contributed by atoms with Gasteiger partial charge in [0.05, 0.1) is 6.10 Å². The lowest BCUT2D eigenvalue weighted by molar-refractivity contribution is 0.0757. The second kappa shape index (κ2) is 9.32. The van der Waals surface area contributed by atoms with Gasteiger partial charge in [-0.05, 0) is 61.7 Å². The fourth-order valence-electron chi connectivity index (χ4n) is 2.97. The van der Waals surface area contributed by atoms with Gasteiger partial charge in [0.2, 0.25) is 0 Å². The highest BCUT2D eigenvalue weighted by Gasteiger charge is 2.23. The molecule has 0 radical (unpaired) electrons. The maximum absolute atomic E-state index is 12.5. The normalized spacial score (nSPS) is 12.8. The summed E-state index contributed by atoms with van der Waals surface area (Å²) in [5.74, 6) is -0.134. The number of rotatable bonds is 7. The number of hydrogen-bond acceptors (Lipinski definition) is 4. The van der Waals surface area contributed by atoms with Crippen LogP contribution in [0.25, 0.3) is 0 Å². The number of ether oxygens (including phenoxy) is 1. The molecule has 28 heavy (non-hydrogen) atoms. The number of aromatic nitrogens is 1. The molecule has 3 rings (SSSR count). The highest BCUT2D eigenvalue weighted by atomic mass is 16.5. The third-order valence-corrected chi connectivity index (χ3v) is 4.47. The van der Waals surface area contributed by atoms with Crippen LogP contribution in [0.3, 0.4) is 0 Å². The molecular formula is C21H26N4O3. The first kappa shape index (κ1) is 19.8. The van der Waals surface area contributed by atoms with Gasteiger partial charge in [0.25, 0.3) is 5.91 Å². The van der Waals surface area contributed by atoms with Gasteiger partial charge >= 0.3 is 6.03 Å². The molecule has 2 aromatic rings. The molecule has 0 unspecified atom stereocenters. The quantitative estimate of drug-likeness (QED) is 0.721. The van der Waals surface area contributed by atoms with Crippen molar-refractivity contribution in [3.8, 4) is 0 Å². The Kier molecular flexibility index (Phi) is 6.60. The molecule has 0 aliphatic carbocycles. The minimum absolute atomic E-state index is 0.134. The Balaban J connectivity index is 1.45. The molecule has 2 heterocycles. The molecule has 3 amide bonds. The summed E-state index contributed by atoms with van der Waals surface area (Å²) >= 11 is 0. The van der Waals surface area contributed by atoms with E-state index in [4.69, 9.17) is 4.74 Å². The Morgan fingerprint density at radius 3 is 2.61 bits per heavy atom. The van der Waals surface area contributed by atoms with Crippen LogP contribution in [0, 0.1) is 0 Å². The van der Waals surface area contributed by atoms with E-state index in [9.17, 15) is 9.59 Å². The van der Waals surface area contributed by atoms with Crippen LogP contribution in [0.5, 0.6) is 0 Å². The number of pyridine rings is 1. The zero-order valence-electron chi connectivity index (χ0n) is 16.3. The second-order valence-corrected chi connectivity index (χ2v) is 7.04. The number of benzene rings is 1. The zero-order chi connectivity index (χ0) is 19.9. The van der Waals surface area contributed by atoms with Crippen molar-refractivity contribution >= 4 is 17.6 Å². The number of anilines is 1. The van der Waals surface area contributed by atoms with E-state index in [-0.39, 0.29) is 18.0 Å². The van der Waals surface area contributed by atoms with E-state index in [1.165, 1.54) is 0 Å². The van der Waals surface area contributed by atoms with Crippen molar-refractivity contribution in [2.45, 2.75) is 39.5 Å². The summed E-state index contributed by atoms with van der Waals surface area (Å²) in [6.45, 7) is 6.28. The number of carbonyl (C=O) groups excluding carboxylic acids is 2. The summed E-state index contributed by atoms with van der Waals surface area (Å²) in [4.78, 5) is 30.4. The van der Waals surface area contributed by atoms with Crippen LogP contribution in [0.4, 0.5) is 10.5 Å². The molecule has 0 saturated carbocycles. The molecule has 1 aromatic heterocycles. The lowest BCUT2D eigenvalue weighted by Gasteiger charge is -2.16. The van der Waals surface area contributed by atoms with Crippen molar-refractivity contribution in [3.05, 3.63) is 59.4 Å². The lowest BCUT2D eigenvalue weighted by Crippen LogP contribution is -2.30. The molecule has 1 aliphatic rings. The van der Waals surface area contributed by atoms with Crippen LogP contribution in [0.2, 0.25) is 0 Å². The number of fused-ring (bicyclic) bond motifs is 1. The van der Waals surface area contributed by atoms with Gasteiger partial charge in [-0.3, -0.25) is 9.78 Å². The number of hydrogen-bond donors (Lipinski definition) is 2. The molecule has 1 aliphatic heterocycles. The third kappa shape index (κ3) is 5.29. The molecule has 2 N–H and O–H groups in total. The van der Waals surface area contributed by atoms with Gasteiger partial charge in [-0.25, -0.2) is 4.79 Å². The highest BCUT2D eigenvalue weighted by molar-refractivity contribution is 5.95. The van der Waals surface area contributed by atoms with Crippen molar-refractivity contribution < 1.29 is 14.3 Å². The van der Waals surface area contributed by atoms with Crippen molar-refractivity contribution in [3.63, 3.8) is 0 Å². The van der Waals surface area contributed by atoms with Gasteiger partial charge in [0.1, 0.15) is 0 Å². The van der Waals surface area contributed by atoms with Crippen molar-refractivity contribution in [2.24, 2.45) is 0 Å². The maximum Gasteiger partial charge on any atom is 0.322 e. The third-order valence-electron chi connectivity index (χ3n) is 4.47. The lowest BCUT2D eigenvalue weighted by atomic mass is 10.2. The number of carbonyl (C=O) groups is 2. The molecular weight excluding hydrogens is 356 g/mol. The van der Waals surface area contributed by atoms with E-state index < -0.39 is 0 Å². The summed E-state index contributed by atoms with van der Waals surface area (Å²) in [5.41, 5.74) is 3.41. The van der Waals surface area contributed by atoms with Crippen LogP contribution in [-0.4, -0.2) is 41.1 Å². The first-order chi connectivity index (χ1) is 13.5. The zero-order valence-corrected chi connectivity index (χ0v) is 16.3. The largest absolute Gasteiger partial charge is 0.379 e. The summed E-state index contributed by atoms with van der Waals surface area (Å²) in [6, 6.07) is 8.65. The van der Waals surface area contributed by atoms with Gasteiger partial charge in [-0.1, -0.05) is 0 Å². The second-order valence-electron chi connectivity index (χ2n) is 7.04. The Labute approximate surface area is 165 Å². The van der Waals surface area contributed by atoms with Crippen LogP contribution in [0.1, 0.15) is 41.8 Å². The topological polar surface area (TPSA) is 83.6 Å². The SMILES string of the molecule is CC(C)OCCCNC(=O)c1ccc(NC(=O)N2Cc3ccncc3C2)cc1. The molecule has 1 aromatic carbocycles. The molecule has 7 nitrogen and oxygen atoms in total. The van der Waals surface area contributed by atoms with Crippen LogP contribution in [0.15, 0.2) is 42.7 Å². The standard InChI is InChI=1S/C21H26N4O3/c1-15(2)28-11-3-9-23-20(26)16-4-6-19(7-5-16)24-21(27)25-13-17-8-10-22-12-18(17)14-25/h4-8,10,12,15H,3,9,11,13-14H2,1-2H3,(H,23,26)(H,24,27). The molecule has 0 fully saturated rings. The predicted octanol–water partition coefficient (Wildman–Crippen LogP) is 3.17. The molecule has 7 heteroatoms. The Bertz CT molecular complexity index is 796. The number of nitrogens with one attached hydrogen (secondary N) is 2. The van der Waals surface area contributed by atoms with E-state index in [0.717, 1.165) is 17.5 Å². The molecule has 0 bridgehead atoms. The maximum atomic E-state index is 12.5. The average Bonchev–Trinajstić information content (AvgIpc) is 3.12. The summed E-state index contributed by atoms with van der Waals surface area (Å²) in [7, 11) is 0. The van der Waals surface area contributed by atoms with E-state index in [1.54, 1.807) is 41.6 Å². The van der Waals surface area contributed by atoms with E-state index in [1.807, 2.05) is 19.9 Å². The number of amides is 3. The Hall–Kier alpha value is -2.93. The molecule has 148 valence electrons. The molecule has 0 spiro atoms. The summed E-state index contributed by atoms with van der Waals surface area (Å²) in [5, 5.41) is 5.74. The van der Waals surface area contributed by atoms with E-state index in [0.29, 0.717) is 37.5 Å². The van der Waals surface area contributed by atoms with Crippen LogP contribution < -0.4 is 10.6 Å². The minimum Gasteiger partial charge on any atom is -0.379 e. The first-order valence-electron chi connectivity index (χ1n) is 9.50. The summed E-state index contributed by atoms with van der Waals surface area (Å²) in [6.07, 6.45) is 4.50. The predicted molar refractivity (Wildman–Crippen MR) is 107 cm³/mol. The first-order valence-corrected chi connectivity index (χ1v) is 9.50. The van der Waals surface area contributed by atoms with Crippen molar-refractivity contribution in [2.75, 3.05) is 18.5 Å². The van der Waals surface area contributed by atoms with Gasteiger partial charge in [-0.2, -0.15) is 0 Å². The van der Waals surface area contributed by atoms with Gasteiger partial charge in [0.15, 0.2) is 0 Å². The highest BCUT2D eigenvalue weighted by Crippen LogP contribution is 2.22. The number of urea groups is 1. The number of nitrogens with zero attached hydrogens (tertiary/aromatic N) is 2. The fourth-order valence-corrected chi connectivity index (χ4v) is 2.97. The van der Waals surface area contributed by atoms with Crippen LogP contribution in [-0.2, 0) is 17.8 Å². The van der Waals surface area contributed by atoms with E-state index >= 15 is 0 Å². The fraction of sp³-hybridized carbons (Fsp3) is 0.381. The Morgan fingerprint density at radius 2 is 1.89 bits per heavy atom. The average molecular weight is 382 g/mol. The molecule has 0 saturated heterocycles. The monoisotopic (exact) mass is 382 g/mol. The van der Waals surface area contributed by atoms with Crippen LogP contribution >= 0.6 is 0 Å². The van der Waals surface area contributed by atoms with E-state index in [2.05, 4.69) is 15.6 Å². The van der Waals surface area contributed by atoms with Gasteiger partial charge in [0, 0.05) is 49.9 Å².